The minimum atomic E-state index is -1.30. The van der Waals surface area contributed by atoms with Crippen LogP contribution in [0.15, 0.2) is 24.3 Å². The fraction of sp³-hybridized carbons (Fsp3) is 0.471. The maximum atomic E-state index is 14.4. The molecule has 2 aromatic carbocycles. The molecule has 48 heavy (non-hydrogen) atoms. The summed E-state index contributed by atoms with van der Waals surface area (Å²) < 4.78 is 42.3. The van der Waals surface area contributed by atoms with Crippen LogP contribution in [-0.2, 0) is 18.9 Å². The highest BCUT2D eigenvalue weighted by atomic mass is 16.8. The molecule has 3 rings (SSSR count). The Balaban J connectivity index is 2.28. The molecule has 0 unspecified atom stereocenters. The summed E-state index contributed by atoms with van der Waals surface area (Å²) >= 11 is 0. The fourth-order valence-electron chi connectivity index (χ4n) is 4.04. The zero-order valence-corrected chi connectivity index (χ0v) is 29.0. The molecule has 0 saturated heterocycles. The van der Waals surface area contributed by atoms with Crippen molar-refractivity contribution in [1.82, 2.24) is 0 Å². The van der Waals surface area contributed by atoms with E-state index in [1.165, 1.54) is 0 Å². The highest BCUT2D eigenvalue weighted by molar-refractivity contribution is 6.31. The molecule has 0 atom stereocenters. The first kappa shape index (κ1) is 37.3. The first-order chi connectivity index (χ1) is 21.7. The highest BCUT2D eigenvalue weighted by Crippen LogP contribution is 2.45. The predicted octanol–water partition coefficient (Wildman–Crippen LogP) is 7.72. The Morgan fingerprint density at radius 2 is 0.729 bits per heavy atom. The van der Waals surface area contributed by atoms with Gasteiger partial charge in [-0.3, -0.25) is 9.59 Å². The first-order valence-electron chi connectivity index (χ1n) is 14.8. The van der Waals surface area contributed by atoms with E-state index in [2.05, 4.69) is 0 Å². The van der Waals surface area contributed by atoms with Gasteiger partial charge in [0.1, 0.15) is 33.9 Å². The van der Waals surface area contributed by atoms with E-state index in [4.69, 9.17) is 37.9 Å². The Morgan fingerprint density at radius 3 is 1.10 bits per heavy atom. The maximum Gasteiger partial charge on any atom is 0.514 e. The Kier molecular flexibility index (Phi) is 10.2. The van der Waals surface area contributed by atoms with Crippen LogP contribution in [0.25, 0.3) is 0 Å². The van der Waals surface area contributed by atoms with Crippen molar-refractivity contribution in [3.05, 3.63) is 46.5 Å². The summed E-state index contributed by atoms with van der Waals surface area (Å²) in [7, 11) is 0. The Morgan fingerprint density at radius 1 is 0.417 bits per heavy atom. The monoisotopic (exact) mass is 672 g/mol. The van der Waals surface area contributed by atoms with Gasteiger partial charge in [-0.25, -0.2) is 19.2 Å². The van der Waals surface area contributed by atoms with Crippen LogP contribution in [0.2, 0.25) is 0 Å². The minimum absolute atomic E-state index is 0.342. The van der Waals surface area contributed by atoms with Gasteiger partial charge in [0.25, 0.3) is 0 Å². The third-order valence-electron chi connectivity index (χ3n) is 5.50. The number of carbonyl (C=O) groups excluding carboxylic acids is 6. The van der Waals surface area contributed by atoms with Gasteiger partial charge in [0, 0.05) is 5.56 Å². The fourth-order valence-corrected chi connectivity index (χ4v) is 4.04. The van der Waals surface area contributed by atoms with Gasteiger partial charge >= 0.3 is 24.6 Å². The van der Waals surface area contributed by atoms with Gasteiger partial charge in [0.2, 0.25) is 5.78 Å². The number of fused-ring (bicyclic) bond motifs is 2. The van der Waals surface area contributed by atoms with Crippen molar-refractivity contribution in [1.29, 1.82) is 0 Å². The van der Waals surface area contributed by atoms with Crippen molar-refractivity contribution < 1.29 is 66.7 Å². The molecule has 260 valence electrons. The summed E-state index contributed by atoms with van der Waals surface area (Å²) in [5, 5.41) is 0. The molecular formula is C34H40O14. The lowest BCUT2D eigenvalue weighted by molar-refractivity contribution is 0.0136. The van der Waals surface area contributed by atoms with Crippen molar-refractivity contribution >= 4 is 36.2 Å². The molecule has 0 spiro atoms. The third kappa shape index (κ3) is 9.93. The Hall–Kier alpha value is -5.14. The average Bonchev–Trinajstić information content (AvgIpc) is 2.84. The van der Waals surface area contributed by atoms with Gasteiger partial charge in [-0.2, -0.15) is 0 Å². The van der Waals surface area contributed by atoms with E-state index >= 15 is 0 Å². The zero-order chi connectivity index (χ0) is 36.6. The molecule has 0 heterocycles. The van der Waals surface area contributed by atoms with E-state index in [1.807, 2.05) is 0 Å². The van der Waals surface area contributed by atoms with Crippen molar-refractivity contribution in [3.63, 3.8) is 0 Å². The molecule has 14 nitrogen and oxygen atoms in total. The van der Waals surface area contributed by atoms with E-state index in [-0.39, 0.29) is 5.56 Å². The summed E-state index contributed by atoms with van der Waals surface area (Å²) in [6.07, 6.45) is -4.92. The van der Waals surface area contributed by atoms with Gasteiger partial charge < -0.3 is 37.9 Å². The standard InChI is InChI=1S/C34H40O14/c1-31(2,3)45-27(37)41-18-15-16-19(42-28(38)46-32(4,5)6)23-22(18)24(35)17-13-14-20(43-29(39)47-33(7,8)9)26(21(17)25(23)36)44-30(40)48-34(10,11)12/h13-16H,1-12H3. The molecule has 14 heteroatoms. The zero-order valence-electron chi connectivity index (χ0n) is 29.0. The quantitative estimate of drug-likeness (QED) is 0.149. The highest BCUT2D eigenvalue weighted by Gasteiger charge is 2.41. The lowest BCUT2D eigenvalue weighted by Crippen LogP contribution is -2.30. The van der Waals surface area contributed by atoms with Crippen LogP contribution in [-0.4, -0.2) is 58.6 Å². The lowest BCUT2D eigenvalue weighted by atomic mass is 9.82. The van der Waals surface area contributed by atoms with Crippen LogP contribution in [0.3, 0.4) is 0 Å². The molecule has 0 aliphatic heterocycles. The molecule has 1 aliphatic carbocycles. The number of ketones is 2. The molecule has 1 aliphatic rings. The van der Waals surface area contributed by atoms with E-state index < -0.39 is 98.3 Å². The van der Waals surface area contributed by atoms with Crippen molar-refractivity contribution in [2.24, 2.45) is 0 Å². The average molecular weight is 673 g/mol. The largest absolute Gasteiger partial charge is 0.514 e. The summed E-state index contributed by atoms with van der Waals surface area (Å²) in [5.74, 6) is -3.95. The van der Waals surface area contributed by atoms with Crippen LogP contribution < -0.4 is 18.9 Å². The van der Waals surface area contributed by atoms with Crippen molar-refractivity contribution in [2.75, 3.05) is 0 Å². The number of hydrogen-bond acceptors (Lipinski definition) is 14. The normalized spacial score (nSPS) is 13.0. The van der Waals surface area contributed by atoms with Gasteiger partial charge in [0.15, 0.2) is 17.3 Å². The third-order valence-corrected chi connectivity index (χ3v) is 5.50. The van der Waals surface area contributed by atoms with Crippen molar-refractivity contribution in [3.8, 4) is 23.0 Å². The van der Waals surface area contributed by atoms with Crippen LogP contribution in [0.4, 0.5) is 19.2 Å². The predicted molar refractivity (Wildman–Crippen MR) is 167 cm³/mol. The lowest BCUT2D eigenvalue weighted by Gasteiger charge is -2.26. The SMILES string of the molecule is CC(C)(C)OC(=O)Oc1ccc2c(c1OC(=O)OC(C)(C)C)C(=O)c1c(OC(=O)OC(C)(C)C)ccc(OC(=O)OC(C)(C)C)c1C2=O. The van der Waals surface area contributed by atoms with Gasteiger partial charge in [0.05, 0.1) is 16.7 Å². The molecule has 0 saturated carbocycles. The van der Waals surface area contributed by atoms with E-state index in [0.29, 0.717) is 0 Å². The van der Waals surface area contributed by atoms with Crippen LogP contribution >= 0.6 is 0 Å². The van der Waals surface area contributed by atoms with Crippen LogP contribution in [0, 0.1) is 0 Å². The topological polar surface area (TPSA) is 176 Å². The minimum Gasteiger partial charge on any atom is -0.428 e. The number of carbonyl (C=O) groups is 6. The Bertz CT molecular complexity index is 1650. The van der Waals surface area contributed by atoms with E-state index in [1.54, 1.807) is 83.1 Å². The van der Waals surface area contributed by atoms with E-state index in [9.17, 15) is 28.8 Å². The molecular weight excluding hydrogens is 632 g/mol. The number of hydrogen-bond donors (Lipinski definition) is 0. The molecule has 0 radical (unpaired) electrons. The molecule has 0 aromatic heterocycles. The van der Waals surface area contributed by atoms with Crippen LogP contribution in [0.1, 0.15) is 115 Å². The second-order valence-corrected chi connectivity index (χ2v) is 14.6. The molecule has 0 amide bonds. The number of benzene rings is 2. The number of rotatable bonds is 4. The second kappa shape index (κ2) is 13.2. The summed E-state index contributed by atoms with van der Waals surface area (Å²) in [5.41, 5.74) is -5.92. The van der Waals surface area contributed by atoms with Gasteiger partial charge in [-0.15, -0.1) is 0 Å². The molecule has 0 fully saturated rings. The summed E-state index contributed by atoms with van der Waals surface area (Å²) in [6, 6.07) is 4.48. The Labute approximate surface area is 277 Å². The smallest absolute Gasteiger partial charge is 0.428 e. The van der Waals surface area contributed by atoms with Gasteiger partial charge in [-0.1, -0.05) is 0 Å². The molecule has 0 N–H and O–H groups in total. The van der Waals surface area contributed by atoms with Crippen LogP contribution in [0.5, 0.6) is 23.0 Å². The number of ether oxygens (including phenoxy) is 8. The van der Waals surface area contributed by atoms with Gasteiger partial charge in [-0.05, 0) is 107 Å². The summed E-state index contributed by atoms with van der Waals surface area (Å²) in [6.45, 7) is 19.0. The molecule has 0 bridgehead atoms. The van der Waals surface area contributed by atoms with Crippen molar-refractivity contribution in [2.45, 2.75) is 105 Å². The second-order valence-electron chi connectivity index (χ2n) is 14.6. The van der Waals surface area contributed by atoms with E-state index in [0.717, 1.165) is 24.3 Å². The maximum absolute atomic E-state index is 14.4. The first-order valence-corrected chi connectivity index (χ1v) is 14.8. The summed E-state index contributed by atoms with van der Waals surface area (Å²) in [4.78, 5) is 79.4. The molecule has 2 aromatic rings.